The van der Waals surface area contributed by atoms with Crippen LogP contribution in [-0.4, -0.2) is 31.4 Å². The molecule has 17 heavy (non-hydrogen) atoms. The molecule has 0 bridgehead atoms. The summed E-state index contributed by atoms with van der Waals surface area (Å²) in [5.74, 6) is -1.46. The maximum Gasteiger partial charge on any atom is 0.308 e. The van der Waals surface area contributed by atoms with E-state index in [0.717, 1.165) is 0 Å². The zero-order chi connectivity index (χ0) is 12.4. The van der Waals surface area contributed by atoms with Crippen molar-refractivity contribution in [1.82, 2.24) is 0 Å². The van der Waals surface area contributed by atoms with Gasteiger partial charge in [0.15, 0.2) is 23.1 Å². The van der Waals surface area contributed by atoms with Gasteiger partial charge in [0.05, 0.1) is 13.5 Å². The zero-order valence-electron chi connectivity index (χ0n) is 9.16. The van der Waals surface area contributed by atoms with Crippen LogP contribution in [0.1, 0.15) is 5.56 Å². The summed E-state index contributed by atoms with van der Waals surface area (Å²) in [5.41, 5.74) is -0.0495. The monoisotopic (exact) mass is 242 g/mol. The first-order valence-corrected chi connectivity index (χ1v) is 5.00. The second-order valence-electron chi connectivity index (χ2n) is 3.47. The second kappa shape index (κ2) is 4.48. The highest BCUT2D eigenvalue weighted by molar-refractivity contribution is 5.73. The number of hydrogen-bond donors (Lipinski definition) is 1. The van der Waals surface area contributed by atoms with Crippen molar-refractivity contribution in [2.75, 3.05) is 20.3 Å². The average Bonchev–Trinajstić information content (AvgIpc) is 2.32. The number of ether oxygens (including phenoxy) is 3. The molecule has 1 heterocycles. The van der Waals surface area contributed by atoms with E-state index in [-0.39, 0.29) is 23.7 Å². The number of methoxy groups -OCH3 is 1. The Morgan fingerprint density at radius 3 is 2.88 bits per heavy atom. The van der Waals surface area contributed by atoms with Crippen LogP contribution in [0.2, 0.25) is 0 Å². The van der Waals surface area contributed by atoms with Crippen LogP contribution in [0.4, 0.5) is 4.39 Å². The summed E-state index contributed by atoms with van der Waals surface area (Å²) in [6.45, 7) is 0.611. The molecule has 1 aromatic carbocycles. The summed E-state index contributed by atoms with van der Waals surface area (Å²) in [5, 5.41) is 8.75. The fourth-order valence-electron chi connectivity index (χ4n) is 1.66. The van der Waals surface area contributed by atoms with E-state index in [0.29, 0.717) is 12.4 Å². The minimum atomic E-state index is -1.14. The first kappa shape index (κ1) is 11.5. The van der Waals surface area contributed by atoms with Crippen LogP contribution in [0.3, 0.4) is 0 Å². The third-order valence-corrected chi connectivity index (χ3v) is 2.38. The molecule has 2 rings (SSSR count). The van der Waals surface area contributed by atoms with Crippen molar-refractivity contribution in [3.05, 3.63) is 17.4 Å². The molecule has 5 nitrogen and oxygen atoms in total. The largest absolute Gasteiger partial charge is 0.494 e. The lowest BCUT2D eigenvalue weighted by molar-refractivity contribution is -0.136. The lowest BCUT2D eigenvalue weighted by Crippen LogP contribution is -2.18. The summed E-state index contributed by atoms with van der Waals surface area (Å²) in [6, 6.07) is 1.36. The minimum Gasteiger partial charge on any atom is -0.494 e. The van der Waals surface area contributed by atoms with Crippen LogP contribution in [0.25, 0.3) is 0 Å². The van der Waals surface area contributed by atoms with Crippen molar-refractivity contribution in [2.24, 2.45) is 0 Å². The first-order valence-electron chi connectivity index (χ1n) is 5.00. The quantitative estimate of drug-likeness (QED) is 0.863. The Morgan fingerprint density at radius 2 is 2.24 bits per heavy atom. The maximum absolute atomic E-state index is 13.9. The molecule has 1 N–H and O–H groups in total. The van der Waals surface area contributed by atoms with Crippen LogP contribution in [0.15, 0.2) is 6.07 Å². The Bertz CT molecular complexity index is 458. The third kappa shape index (κ3) is 2.11. The lowest BCUT2D eigenvalue weighted by atomic mass is 10.1. The van der Waals surface area contributed by atoms with Gasteiger partial charge in [0, 0.05) is 11.6 Å². The van der Waals surface area contributed by atoms with E-state index >= 15 is 0 Å². The molecule has 1 aliphatic heterocycles. The van der Waals surface area contributed by atoms with Crippen molar-refractivity contribution < 1.29 is 28.5 Å². The number of halogens is 1. The van der Waals surface area contributed by atoms with Gasteiger partial charge >= 0.3 is 5.97 Å². The van der Waals surface area contributed by atoms with Crippen molar-refractivity contribution in [3.8, 4) is 17.2 Å². The van der Waals surface area contributed by atoms with Crippen molar-refractivity contribution >= 4 is 5.97 Å². The molecule has 0 aromatic heterocycles. The Balaban J connectivity index is 2.55. The van der Waals surface area contributed by atoms with Gasteiger partial charge in [-0.05, 0) is 0 Å². The molecule has 0 saturated carbocycles. The smallest absolute Gasteiger partial charge is 0.308 e. The zero-order valence-corrected chi connectivity index (χ0v) is 9.16. The number of carbonyl (C=O) groups is 1. The predicted octanol–water partition coefficient (Wildman–Crippen LogP) is 1.23. The second-order valence-corrected chi connectivity index (χ2v) is 3.47. The lowest BCUT2D eigenvalue weighted by Gasteiger charge is -2.22. The number of hydrogen-bond acceptors (Lipinski definition) is 4. The molecule has 0 saturated heterocycles. The summed E-state index contributed by atoms with van der Waals surface area (Å²) >= 11 is 0. The van der Waals surface area contributed by atoms with Gasteiger partial charge in [-0.3, -0.25) is 4.79 Å². The average molecular weight is 242 g/mol. The van der Waals surface area contributed by atoms with Crippen LogP contribution in [0, 0.1) is 5.82 Å². The fraction of sp³-hybridized carbons (Fsp3) is 0.364. The van der Waals surface area contributed by atoms with Crippen LogP contribution < -0.4 is 14.2 Å². The highest BCUT2D eigenvalue weighted by atomic mass is 19.1. The standard InChI is InChI=1S/C11H11FO5/c1-15-7-5-8-11(17-3-2-16-8)6(10(7)12)4-9(13)14/h5H,2-4H2,1H3,(H,13,14). The van der Waals surface area contributed by atoms with Gasteiger partial charge in [0.1, 0.15) is 13.2 Å². The molecule has 0 unspecified atom stereocenters. The van der Waals surface area contributed by atoms with Crippen molar-refractivity contribution in [3.63, 3.8) is 0 Å². The predicted molar refractivity (Wildman–Crippen MR) is 55.3 cm³/mol. The number of carboxylic acids is 1. The van der Waals surface area contributed by atoms with E-state index < -0.39 is 18.2 Å². The summed E-state index contributed by atoms with van der Waals surface area (Å²) in [6.07, 6.45) is -0.477. The molecule has 0 radical (unpaired) electrons. The third-order valence-electron chi connectivity index (χ3n) is 2.38. The topological polar surface area (TPSA) is 65.0 Å². The molecule has 0 spiro atoms. The number of carboxylic acid groups (broad SMARTS) is 1. The molecule has 1 aromatic rings. The highest BCUT2D eigenvalue weighted by Gasteiger charge is 2.25. The van der Waals surface area contributed by atoms with Gasteiger partial charge in [0.2, 0.25) is 0 Å². The van der Waals surface area contributed by atoms with E-state index in [1.54, 1.807) is 0 Å². The summed E-state index contributed by atoms with van der Waals surface area (Å²) < 4.78 is 29.3. The number of benzene rings is 1. The van der Waals surface area contributed by atoms with Gasteiger partial charge in [-0.1, -0.05) is 0 Å². The van der Waals surface area contributed by atoms with Crippen LogP contribution >= 0.6 is 0 Å². The van der Waals surface area contributed by atoms with E-state index in [1.807, 2.05) is 0 Å². The van der Waals surface area contributed by atoms with Crippen LogP contribution in [-0.2, 0) is 11.2 Å². The van der Waals surface area contributed by atoms with Gasteiger partial charge in [-0.2, -0.15) is 0 Å². The van der Waals surface area contributed by atoms with Crippen LogP contribution in [0.5, 0.6) is 17.2 Å². The summed E-state index contributed by atoms with van der Waals surface area (Å²) in [7, 11) is 1.30. The normalized spacial score (nSPS) is 13.3. The first-order chi connectivity index (χ1) is 8.13. The molecule has 6 heteroatoms. The van der Waals surface area contributed by atoms with E-state index in [9.17, 15) is 9.18 Å². The van der Waals surface area contributed by atoms with Gasteiger partial charge in [-0.25, -0.2) is 4.39 Å². The van der Waals surface area contributed by atoms with Crippen molar-refractivity contribution in [2.45, 2.75) is 6.42 Å². The SMILES string of the molecule is COc1cc2c(c(CC(=O)O)c1F)OCCO2. The Morgan fingerprint density at radius 1 is 1.53 bits per heavy atom. The minimum absolute atomic E-state index is 0.0495. The Labute approximate surface area is 96.7 Å². The van der Waals surface area contributed by atoms with E-state index in [1.165, 1.54) is 13.2 Å². The highest BCUT2D eigenvalue weighted by Crippen LogP contribution is 2.40. The number of aliphatic carboxylic acids is 1. The molecular weight excluding hydrogens is 231 g/mol. The van der Waals surface area contributed by atoms with Gasteiger partial charge in [0.25, 0.3) is 0 Å². The molecule has 0 amide bonds. The Hall–Kier alpha value is -1.98. The number of fused-ring (bicyclic) bond motifs is 1. The van der Waals surface area contributed by atoms with E-state index in [2.05, 4.69) is 0 Å². The molecular formula is C11H11FO5. The van der Waals surface area contributed by atoms with E-state index in [4.69, 9.17) is 19.3 Å². The fourth-order valence-corrected chi connectivity index (χ4v) is 1.66. The van der Waals surface area contributed by atoms with Gasteiger partial charge < -0.3 is 19.3 Å². The molecule has 92 valence electrons. The molecule has 0 fully saturated rings. The summed E-state index contributed by atoms with van der Waals surface area (Å²) in [4.78, 5) is 10.7. The molecule has 1 aliphatic rings. The van der Waals surface area contributed by atoms with Gasteiger partial charge in [-0.15, -0.1) is 0 Å². The molecule has 0 atom stereocenters. The molecule has 0 aliphatic carbocycles. The maximum atomic E-state index is 13.9. The van der Waals surface area contributed by atoms with Crippen molar-refractivity contribution in [1.29, 1.82) is 0 Å². The Kier molecular flexibility index (Phi) is 3.03. The number of rotatable bonds is 3.